The summed E-state index contributed by atoms with van der Waals surface area (Å²) in [5, 5.41) is 0. The van der Waals surface area contributed by atoms with Crippen LogP contribution in [0.5, 0.6) is 0 Å². The lowest BCUT2D eigenvalue weighted by Gasteiger charge is -2.50. The van der Waals surface area contributed by atoms with Crippen molar-refractivity contribution in [3.8, 4) is 0 Å². The minimum Gasteiger partial charge on any atom is -0.469 e. The smallest absolute Gasteiger partial charge is 0.315 e. The second-order valence-corrected chi connectivity index (χ2v) is 6.02. The van der Waals surface area contributed by atoms with Gasteiger partial charge in [-0.3, -0.25) is 9.59 Å². The van der Waals surface area contributed by atoms with Crippen LogP contribution in [0.2, 0.25) is 0 Å². The topological polar surface area (TPSA) is 71.1 Å². The number of ether oxygens (including phenoxy) is 4. The third-order valence-corrected chi connectivity index (χ3v) is 3.32. The molecule has 0 unspecified atom stereocenters. The van der Waals surface area contributed by atoms with Crippen LogP contribution in [0.3, 0.4) is 0 Å². The number of esters is 2. The van der Waals surface area contributed by atoms with Gasteiger partial charge in [0.05, 0.1) is 13.0 Å². The lowest BCUT2D eigenvalue weighted by atomic mass is 9.67. The average molecular weight is 302 g/mol. The summed E-state index contributed by atoms with van der Waals surface area (Å²) in [5.74, 6) is -3.42. The molecule has 0 N–H and O–H groups in total. The molecule has 1 fully saturated rings. The van der Waals surface area contributed by atoms with Crippen LogP contribution in [0.1, 0.15) is 41.0 Å². The lowest BCUT2D eigenvalue weighted by molar-refractivity contribution is -0.323. The number of hydrogen-bond donors (Lipinski definition) is 0. The maximum atomic E-state index is 12.2. The number of rotatable bonds is 6. The highest BCUT2D eigenvalue weighted by atomic mass is 16.7. The van der Waals surface area contributed by atoms with Gasteiger partial charge in [-0.25, -0.2) is 0 Å². The summed E-state index contributed by atoms with van der Waals surface area (Å²) >= 11 is 0. The fourth-order valence-corrected chi connectivity index (χ4v) is 2.59. The summed E-state index contributed by atoms with van der Waals surface area (Å²) in [6.07, 6.45) is 0.295. The quantitative estimate of drug-likeness (QED) is 0.551. The molecule has 0 aromatic rings. The second kappa shape index (κ2) is 6.75. The summed E-state index contributed by atoms with van der Waals surface area (Å²) in [4.78, 5) is 24.3. The van der Waals surface area contributed by atoms with Crippen LogP contribution in [0.15, 0.2) is 0 Å². The Morgan fingerprint density at radius 1 is 1.10 bits per heavy atom. The highest BCUT2D eigenvalue weighted by molar-refractivity contribution is 5.85. The van der Waals surface area contributed by atoms with E-state index in [9.17, 15) is 9.59 Å². The molecule has 0 spiro atoms. The van der Waals surface area contributed by atoms with Gasteiger partial charge in [-0.1, -0.05) is 0 Å². The van der Waals surface area contributed by atoms with Gasteiger partial charge in [0, 0.05) is 19.6 Å². The highest BCUT2D eigenvalue weighted by Gasteiger charge is 2.64. The van der Waals surface area contributed by atoms with Crippen molar-refractivity contribution in [2.75, 3.05) is 20.3 Å². The average Bonchev–Trinajstić information content (AvgIpc) is 2.33. The molecule has 1 saturated carbocycles. The van der Waals surface area contributed by atoms with Crippen molar-refractivity contribution in [1.82, 2.24) is 0 Å². The molecular weight excluding hydrogens is 276 g/mol. The van der Waals surface area contributed by atoms with E-state index in [4.69, 9.17) is 18.9 Å². The van der Waals surface area contributed by atoms with Gasteiger partial charge >= 0.3 is 11.9 Å². The molecule has 1 aliphatic rings. The van der Waals surface area contributed by atoms with Crippen LogP contribution in [0.4, 0.5) is 0 Å². The Balaban J connectivity index is 2.93. The van der Waals surface area contributed by atoms with Crippen molar-refractivity contribution in [2.45, 2.75) is 52.4 Å². The van der Waals surface area contributed by atoms with Crippen molar-refractivity contribution in [2.24, 2.45) is 11.8 Å². The highest BCUT2D eigenvalue weighted by Crippen LogP contribution is 2.49. The monoisotopic (exact) mass is 302 g/mol. The zero-order valence-corrected chi connectivity index (χ0v) is 13.7. The van der Waals surface area contributed by atoms with E-state index in [1.807, 2.05) is 13.8 Å². The molecule has 2 atom stereocenters. The molecule has 0 saturated heterocycles. The van der Waals surface area contributed by atoms with Gasteiger partial charge in [0.25, 0.3) is 0 Å². The fourth-order valence-electron chi connectivity index (χ4n) is 2.59. The van der Waals surface area contributed by atoms with Gasteiger partial charge in [-0.15, -0.1) is 0 Å². The van der Waals surface area contributed by atoms with Gasteiger partial charge < -0.3 is 18.9 Å². The molecule has 122 valence electrons. The molecule has 1 rings (SSSR count). The fraction of sp³-hybridized carbons (Fsp3) is 0.867. The van der Waals surface area contributed by atoms with E-state index in [0.717, 1.165) is 0 Å². The summed E-state index contributed by atoms with van der Waals surface area (Å²) in [7, 11) is 1.29. The van der Waals surface area contributed by atoms with Gasteiger partial charge in [0.1, 0.15) is 11.5 Å². The van der Waals surface area contributed by atoms with Gasteiger partial charge in [-0.05, 0) is 34.6 Å². The summed E-state index contributed by atoms with van der Waals surface area (Å²) in [5.41, 5.74) is -0.604. The van der Waals surface area contributed by atoms with E-state index in [0.29, 0.717) is 19.6 Å². The number of methoxy groups -OCH3 is 1. The Hall–Kier alpha value is -1.14. The molecule has 0 aromatic heterocycles. The molecule has 21 heavy (non-hydrogen) atoms. The van der Waals surface area contributed by atoms with Gasteiger partial charge in [0.15, 0.2) is 5.79 Å². The molecule has 1 aliphatic carbocycles. The van der Waals surface area contributed by atoms with Crippen molar-refractivity contribution >= 4 is 11.9 Å². The van der Waals surface area contributed by atoms with E-state index in [-0.39, 0.29) is 0 Å². The Kier molecular flexibility index (Phi) is 5.75. The zero-order valence-electron chi connectivity index (χ0n) is 13.7. The molecule has 0 radical (unpaired) electrons. The van der Waals surface area contributed by atoms with Crippen LogP contribution in [-0.2, 0) is 28.5 Å². The Morgan fingerprint density at radius 2 is 1.62 bits per heavy atom. The van der Waals surface area contributed by atoms with E-state index >= 15 is 0 Å². The molecule has 0 heterocycles. The SMILES string of the molecule is CCOC1(OCC)C[C@H](C(=O)OC(C)(C)C)[C@H]1C(=O)OC. The minimum atomic E-state index is -1.09. The Labute approximate surface area is 126 Å². The Bertz CT molecular complexity index is 378. The van der Waals surface area contributed by atoms with Crippen LogP contribution < -0.4 is 0 Å². The first kappa shape index (κ1) is 17.9. The van der Waals surface area contributed by atoms with Crippen molar-refractivity contribution in [1.29, 1.82) is 0 Å². The summed E-state index contributed by atoms with van der Waals surface area (Å²) in [6, 6.07) is 0. The van der Waals surface area contributed by atoms with Crippen molar-refractivity contribution in [3.05, 3.63) is 0 Å². The summed E-state index contributed by atoms with van der Waals surface area (Å²) in [6.45, 7) is 9.76. The van der Waals surface area contributed by atoms with Crippen molar-refractivity contribution in [3.63, 3.8) is 0 Å². The first-order valence-corrected chi connectivity index (χ1v) is 7.29. The molecule has 0 aliphatic heterocycles. The molecule has 6 nitrogen and oxygen atoms in total. The van der Waals surface area contributed by atoms with Crippen LogP contribution >= 0.6 is 0 Å². The molecule has 0 amide bonds. The normalized spacial score (nSPS) is 24.1. The van der Waals surface area contributed by atoms with Crippen LogP contribution in [0, 0.1) is 11.8 Å². The first-order chi connectivity index (χ1) is 9.70. The zero-order chi connectivity index (χ0) is 16.3. The maximum Gasteiger partial charge on any atom is 0.315 e. The molecule has 6 heteroatoms. The van der Waals surface area contributed by atoms with Gasteiger partial charge in [0.2, 0.25) is 0 Å². The largest absolute Gasteiger partial charge is 0.469 e. The van der Waals surface area contributed by atoms with Gasteiger partial charge in [-0.2, -0.15) is 0 Å². The molecule has 0 aromatic carbocycles. The number of carbonyl (C=O) groups excluding carboxylic acids is 2. The minimum absolute atomic E-state index is 0.295. The summed E-state index contributed by atoms with van der Waals surface area (Å²) < 4.78 is 21.4. The number of hydrogen-bond acceptors (Lipinski definition) is 6. The Morgan fingerprint density at radius 3 is 2.00 bits per heavy atom. The van der Waals surface area contributed by atoms with E-state index in [1.165, 1.54) is 7.11 Å². The number of carbonyl (C=O) groups is 2. The van der Waals surface area contributed by atoms with Crippen LogP contribution in [0.25, 0.3) is 0 Å². The molecular formula is C15H26O6. The van der Waals surface area contributed by atoms with E-state index < -0.39 is 35.2 Å². The van der Waals surface area contributed by atoms with Crippen molar-refractivity contribution < 1.29 is 28.5 Å². The third-order valence-electron chi connectivity index (χ3n) is 3.32. The second-order valence-electron chi connectivity index (χ2n) is 6.02. The lowest BCUT2D eigenvalue weighted by Crippen LogP contribution is -2.63. The third kappa shape index (κ3) is 3.95. The standard InChI is InChI=1S/C15H26O6/c1-7-19-15(20-8-2)9-10(11(15)13(17)18-6)12(16)21-14(3,4)5/h10-11H,7-9H2,1-6H3/t10-,11-/m0/s1. The maximum absolute atomic E-state index is 12.2. The first-order valence-electron chi connectivity index (χ1n) is 7.29. The molecule has 0 bridgehead atoms. The predicted octanol–water partition coefficient (Wildman–Crippen LogP) is 1.91. The van der Waals surface area contributed by atoms with E-state index in [1.54, 1.807) is 20.8 Å². The predicted molar refractivity (Wildman–Crippen MR) is 75.4 cm³/mol. The van der Waals surface area contributed by atoms with E-state index in [2.05, 4.69) is 0 Å². The van der Waals surface area contributed by atoms with Crippen LogP contribution in [-0.4, -0.2) is 43.7 Å².